The van der Waals surface area contributed by atoms with Crippen LogP contribution in [-0.4, -0.2) is 30.1 Å². The van der Waals surface area contributed by atoms with Gasteiger partial charge in [0, 0.05) is 13.0 Å². The number of hydrogen-bond acceptors (Lipinski definition) is 3. The van der Waals surface area contributed by atoms with Gasteiger partial charge in [0.25, 0.3) is 0 Å². The van der Waals surface area contributed by atoms with Crippen LogP contribution in [0.3, 0.4) is 0 Å². The molecule has 0 aliphatic carbocycles. The molecule has 0 fully saturated rings. The van der Waals surface area contributed by atoms with Gasteiger partial charge >= 0.3 is 5.97 Å². The van der Waals surface area contributed by atoms with E-state index in [4.69, 9.17) is 9.84 Å². The van der Waals surface area contributed by atoms with E-state index in [1.165, 1.54) is 0 Å². The Morgan fingerprint density at radius 2 is 1.90 bits per heavy atom. The minimum Gasteiger partial charge on any atom is -0.494 e. The second-order valence-electron chi connectivity index (χ2n) is 4.84. The molecule has 5 heteroatoms. The van der Waals surface area contributed by atoms with Crippen molar-refractivity contribution in [2.45, 2.75) is 39.0 Å². The first-order valence-corrected chi connectivity index (χ1v) is 7.32. The van der Waals surface area contributed by atoms with Gasteiger partial charge in [-0.2, -0.15) is 0 Å². The topological polar surface area (TPSA) is 75.6 Å². The van der Waals surface area contributed by atoms with Crippen LogP contribution in [0.4, 0.5) is 0 Å². The average molecular weight is 293 g/mol. The third-order valence-corrected chi connectivity index (χ3v) is 2.93. The van der Waals surface area contributed by atoms with E-state index in [1.54, 1.807) is 0 Å². The summed E-state index contributed by atoms with van der Waals surface area (Å²) in [7, 11) is 0. The van der Waals surface area contributed by atoms with Crippen molar-refractivity contribution in [2.75, 3.05) is 13.2 Å². The SMILES string of the molecule is CCCOc1ccc(CCCC(=O)NCCC(=O)O)cc1. The third kappa shape index (κ3) is 7.97. The highest BCUT2D eigenvalue weighted by Gasteiger charge is 2.03. The van der Waals surface area contributed by atoms with Crippen LogP contribution >= 0.6 is 0 Å². The quantitative estimate of drug-likeness (QED) is 0.694. The van der Waals surface area contributed by atoms with Gasteiger partial charge in [-0.15, -0.1) is 0 Å². The lowest BCUT2D eigenvalue weighted by Crippen LogP contribution is -2.25. The van der Waals surface area contributed by atoms with Crippen molar-refractivity contribution < 1.29 is 19.4 Å². The highest BCUT2D eigenvalue weighted by molar-refractivity contribution is 5.76. The van der Waals surface area contributed by atoms with Crippen molar-refractivity contribution in [3.8, 4) is 5.75 Å². The van der Waals surface area contributed by atoms with Crippen LogP contribution in [0.25, 0.3) is 0 Å². The highest BCUT2D eigenvalue weighted by atomic mass is 16.5. The number of rotatable bonds is 10. The number of carboxylic acid groups (broad SMARTS) is 1. The summed E-state index contributed by atoms with van der Waals surface area (Å²) < 4.78 is 5.50. The van der Waals surface area contributed by atoms with Crippen LogP contribution in [0.15, 0.2) is 24.3 Å². The second kappa shape index (κ2) is 9.80. The van der Waals surface area contributed by atoms with Crippen molar-refractivity contribution in [1.82, 2.24) is 5.32 Å². The van der Waals surface area contributed by atoms with E-state index in [9.17, 15) is 9.59 Å². The van der Waals surface area contributed by atoms with Crippen LogP contribution in [0, 0.1) is 0 Å². The maximum absolute atomic E-state index is 11.5. The molecule has 0 unspecified atom stereocenters. The molecule has 5 nitrogen and oxygen atoms in total. The first-order valence-electron chi connectivity index (χ1n) is 7.32. The summed E-state index contributed by atoms with van der Waals surface area (Å²) in [6.07, 6.45) is 2.92. The summed E-state index contributed by atoms with van der Waals surface area (Å²) in [6.45, 7) is 2.98. The van der Waals surface area contributed by atoms with E-state index in [-0.39, 0.29) is 18.9 Å². The largest absolute Gasteiger partial charge is 0.494 e. The van der Waals surface area contributed by atoms with Crippen LogP contribution < -0.4 is 10.1 Å². The Hall–Kier alpha value is -2.04. The molecule has 0 saturated heterocycles. The molecule has 21 heavy (non-hydrogen) atoms. The molecule has 0 bridgehead atoms. The monoisotopic (exact) mass is 293 g/mol. The van der Waals surface area contributed by atoms with Crippen molar-refractivity contribution in [3.05, 3.63) is 29.8 Å². The zero-order chi connectivity index (χ0) is 15.5. The molecule has 0 saturated carbocycles. The number of hydrogen-bond donors (Lipinski definition) is 2. The van der Waals surface area contributed by atoms with Crippen LogP contribution in [0.2, 0.25) is 0 Å². The number of carboxylic acids is 1. The van der Waals surface area contributed by atoms with Crippen LogP contribution in [0.5, 0.6) is 5.75 Å². The number of benzene rings is 1. The summed E-state index contributed by atoms with van der Waals surface area (Å²) >= 11 is 0. The number of carbonyl (C=O) groups excluding carboxylic acids is 1. The zero-order valence-corrected chi connectivity index (χ0v) is 12.4. The van der Waals surface area contributed by atoms with Gasteiger partial charge in [-0.25, -0.2) is 0 Å². The summed E-state index contributed by atoms with van der Waals surface area (Å²) in [4.78, 5) is 21.8. The van der Waals surface area contributed by atoms with E-state index in [0.29, 0.717) is 6.42 Å². The van der Waals surface area contributed by atoms with E-state index in [0.717, 1.165) is 37.2 Å². The minimum atomic E-state index is -0.902. The standard InChI is InChI=1S/C16H23NO4/c1-2-12-21-14-8-6-13(7-9-14)4-3-5-15(18)17-11-10-16(19)20/h6-9H,2-5,10-12H2,1H3,(H,17,18)(H,19,20). The Labute approximate surface area is 125 Å². The number of aliphatic carboxylic acids is 1. The fourth-order valence-corrected chi connectivity index (χ4v) is 1.82. The molecule has 0 radical (unpaired) electrons. The fourth-order valence-electron chi connectivity index (χ4n) is 1.82. The molecule has 1 rings (SSSR count). The van der Waals surface area contributed by atoms with Gasteiger partial charge in [-0.1, -0.05) is 19.1 Å². The predicted molar refractivity (Wildman–Crippen MR) is 80.4 cm³/mol. The maximum atomic E-state index is 11.5. The molecule has 0 aromatic heterocycles. The normalized spacial score (nSPS) is 10.1. The Kier molecular flexibility index (Phi) is 7.94. The first-order chi connectivity index (χ1) is 10.1. The van der Waals surface area contributed by atoms with Crippen molar-refractivity contribution in [3.63, 3.8) is 0 Å². The number of carbonyl (C=O) groups is 2. The van der Waals surface area contributed by atoms with E-state index < -0.39 is 5.97 Å². The lowest BCUT2D eigenvalue weighted by molar-refractivity contribution is -0.136. The molecular formula is C16H23NO4. The van der Waals surface area contributed by atoms with Crippen LogP contribution in [-0.2, 0) is 16.0 Å². The average Bonchev–Trinajstić information content (AvgIpc) is 2.46. The third-order valence-electron chi connectivity index (χ3n) is 2.93. The lowest BCUT2D eigenvalue weighted by atomic mass is 10.1. The highest BCUT2D eigenvalue weighted by Crippen LogP contribution is 2.14. The molecule has 0 aliphatic heterocycles. The van der Waals surface area contributed by atoms with Gasteiger partial charge in [0.2, 0.25) is 5.91 Å². The van der Waals surface area contributed by atoms with Crippen molar-refractivity contribution in [2.24, 2.45) is 0 Å². The number of nitrogens with one attached hydrogen (secondary N) is 1. The molecule has 1 amide bonds. The molecule has 1 aromatic carbocycles. The fraction of sp³-hybridized carbons (Fsp3) is 0.500. The number of aryl methyl sites for hydroxylation is 1. The Balaban J connectivity index is 2.19. The van der Waals surface area contributed by atoms with Gasteiger partial charge in [-0.05, 0) is 37.0 Å². The van der Waals surface area contributed by atoms with E-state index >= 15 is 0 Å². The molecule has 1 aromatic rings. The molecular weight excluding hydrogens is 270 g/mol. The Morgan fingerprint density at radius 1 is 1.19 bits per heavy atom. The van der Waals surface area contributed by atoms with Crippen molar-refractivity contribution in [1.29, 1.82) is 0 Å². The minimum absolute atomic E-state index is 0.0367. The first kappa shape index (κ1) is 17.0. The number of ether oxygens (including phenoxy) is 1. The van der Waals surface area contributed by atoms with Gasteiger partial charge in [0.15, 0.2) is 0 Å². The molecule has 116 valence electrons. The van der Waals surface area contributed by atoms with Gasteiger partial charge < -0.3 is 15.2 Å². The summed E-state index contributed by atoms with van der Waals surface area (Å²) in [5, 5.41) is 11.1. The maximum Gasteiger partial charge on any atom is 0.305 e. The van der Waals surface area contributed by atoms with Gasteiger partial charge in [0.1, 0.15) is 5.75 Å². The lowest BCUT2D eigenvalue weighted by Gasteiger charge is -2.06. The Bertz CT molecular complexity index is 442. The molecule has 0 atom stereocenters. The molecule has 0 aliphatic rings. The van der Waals surface area contributed by atoms with E-state index in [1.807, 2.05) is 24.3 Å². The number of amides is 1. The Morgan fingerprint density at radius 3 is 2.52 bits per heavy atom. The summed E-state index contributed by atoms with van der Waals surface area (Å²) in [5.74, 6) is -0.133. The zero-order valence-electron chi connectivity index (χ0n) is 12.4. The van der Waals surface area contributed by atoms with Gasteiger partial charge in [0.05, 0.1) is 13.0 Å². The smallest absolute Gasteiger partial charge is 0.305 e. The molecule has 2 N–H and O–H groups in total. The second-order valence-corrected chi connectivity index (χ2v) is 4.84. The predicted octanol–water partition coefficient (Wildman–Crippen LogP) is 2.39. The summed E-state index contributed by atoms with van der Waals surface area (Å²) in [5.41, 5.74) is 1.16. The van der Waals surface area contributed by atoms with Crippen molar-refractivity contribution >= 4 is 11.9 Å². The van der Waals surface area contributed by atoms with Crippen LogP contribution in [0.1, 0.15) is 38.2 Å². The molecule has 0 spiro atoms. The van der Waals surface area contributed by atoms with Gasteiger partial charge in [-0.3, -0.25) is 9.59 Å². The van der Waals surface area contributed by atoms with E-state index in [2.05, 4.69) is 12.2 Å². The molecule has 0 heterocycles. The summed E-state index contributed by atoms with van der Waals surface area (Å²) in [6, 6.07) is 7.90.